The molecule has 0 radical (unpaired) electrons. The molecule has 10 heteroatoms. The van der Waals surface area contributed by atoms with E-state index in [-0.39, 0.29) is 0 Å². The van der Waals surface area contributed by atoms with Crippen LogP contribution in [0, 0.1) is 25.2 Å². The van der Waals surface area contributed by atoms with Gasteiger partial charge in [0.1, 0.15) is 28.7 Å². The van der Waals surface area contributed by atoms with Crippen LogP contribution in [0.5, 0.6) is 5.75 Å². The molecule has 4 aromatic rings. The third-order valence-electron chi connectivity index (χ3n) is 6.60. The summed E-state index contributed by atoms with van der Waals surface area (Å²) in [7, 11) is 5.52. The standard InChI is InChI=1S/C31H37N7O3/c1-20-27-21(2)38(35-28(27)29(34-33-20)36(6)7)24-15-14-22(19-32)18-26(24)40-25(23-12-10-9-11-13-23)16-17-37(8)30(39)41-31(3,4)5/h9-15,18,25H,16-17H2,1-8H3. The van der Waals surface area contributed by atoms with Crippen LogP contribution in [-0.2, 0) is 4.74 Å². The van der Waals surface area contributed by atoms with Gasteiger partial charge in [0, 0.05) is 40.2 Å². The fraction of sp³-hybridized carbons (Fsp3) is 0.387. The van der Waals surface area contributed by atoms with Gasteiger partial charge in [0.2, 0.25) is 0 Å². The fourth-order valence-electron chi connectivity index (χ4n) is 4.56. The van der Waals surface area contributed by atoms with Crippen molar-refractivity contribution in [3.05, 3.63) is 71.0 Å². The number of aromatic nitrogens is 4. The Kier molecular flexibility index (Phi) is 8.47. The van der Waals surface area contributed by atoms with Gasteiger partial charge in [-0.05, 0) is 52.3 Å². The summed E-state index contributed by atoms with van der Waals surface area (Å²) in [6.45, 7) is 9.82. The first-order valence-electron chi connectivity index (χ1n) is 13.5. The highest BCUT2D eigenvalue weighted by atomic mass is 16.6. The SMILES string of the molecule is Cc1nnc(N(C)C)c2nn(-c3ccc(C#N)cc3OC(CCN(C)C(=O)OC(C)(C)C)c3ccccc3)c(C)c12. The van der Waals surface area contributed by atoms with E-state index >= 15 is 0 Å². The predicted octanol–water partition coefficient (Wildman–Crippen LogP) is 5.75. The minimum absolute atomic E-state index is 0.398. The fourth-order valence-corrected chi connectivity index (χ4v) is 4.56. The lowest BCUT2D eigenvalue weighted by atomic mass is 10.1. The van der Waals surface area contributed by atoms with E-state index in [1.165, 1.54) is 0 Å². The molecule has 10 nitrogen and oxygen atoms in total. The van der Waals surface area contributed by atoms with Gasteiger partial charge in [-0.2, -0.15) is 15.5 Å². The van der Waals surface area contributed by atoms with Crippen molar-refractivity contribution in [3.63, 3.8) is 0 Å². The Morgan fingerprint density at radius 3 is 2.41 bits per heavy atom. The third-order valence-corrected chi connectivity index (χ3v) is 6.60. The summed E-state index contributed by atoms with van der Waals surface area (Å²) < 4.78 is 14.0. The van der Waals surface area contributed by atoms with Crippen molar-refractivity contribution in [2.45, 2.75) is 52.7 Å². The summed E-state index contributed by atoms with van der Waals surface area (Å²) in [5, 5.41) is 24.2. The van der Waals surface area contributed by atoms with E-state index in [4.69, 9.17) is 14.6 Å². The zero-order valence-corrected chi connectivity index (χ0v) is 25.0. The molecule has 2 aromatic heterocycles. The van der Waals surface area contributed by atoms with E-state index in [1.807, 2.05) is 94.7 Å². The first-order chi connectivity index (χ1) is 19.4. The Balaban J connectivity index is 1.75. The van der Waals surface area contributed by atoms with E-state index in [1.54, 1.807) is 24.1 Å². The van der Waals surface area contributed by atoms with Crippen LogP contribution in [0.1, 0.15) is 55.8 Å². The highest BCUT2D eigenvalue weighted by Crippen LogP contribution is 2.35. The molecule has 0 saturated carbocycles. The summed E-state index contributed by atoms with van der Waals surface area (Å²) in [5.41, 5.74) is 3.89. The smallest absolute Gasteiger partial charge is 0.410 e. The minimum Gasteiger partial charge on any atom is -0.483 e. The number of fused-ring (bicyclic) bond motifs is 1. The maximum Gasteiger partial charge on any atom is 0.410 e. The Morgan fingerprint density at radius 2 is 1.78 bits per heavy atom. The average molecular weight is 556 g/mol. The lowest BCUT2D eigenvalue weighted by Gasteiger charge is -2.27. The van der Waals surface area contributed by atoms with E-state index in [9.17, 15) is 10.1 Å². The van der Waals surface area contributed by atoms with Crippen molar-refractivity contribution >= 4 is 22.8 Å². The topological polar surface area (TPSA) is 109 Å². The summed E-state index contributed by atoms with van der Waals surface area (Å²) in [6.07, 6.45) is -0.320. The predicted molar refractivity (Wildman–Crippen MR) is 158 cm³/mol. The Morgan fingerprint density at radius 1 is 1.07 bits per heavy atom. The van der Waals surface area contributed by atoms with Crippen LogP contribution < -0.4 is 9.64 Å². The molecule has 0 N–H and O–H groups in total. The van der Waals surface area contributed by atoms with Crippen molar-refractivity contribution < 1.29 is 14.3 Å². The normalized spacial score (nSPS) is 12.1. The summed E-state index contributed by atoms with van der Waals surface area (Å²) in [6, 6.07) is 17.4. The number of rotatable bonds is 8. The van der Waals surface area contributed by atoms with Crippen molar-refractivity contribution in [3.8, 4) is 17.5 Å². The monoisotopic (exact) mass is 555 g/mol. The molecule has 1 atom stereocenters. The lowest BCUT2D eigenvalue weighted by molar-refractivity contribution is 0.0278. The second-order valence-corrected chi connectivity index (χ2v) is 11.2. The van der Waals surface area contributed by atoms with Crippen LogP contribution in [0.3, 0.4) is 0 Å². The summed E-state index contributed by atoms with van der Waals surface area (Å²) >= 11 is 0. The molecule has 1 unspecified atom stereocenters. The van der Waals surface area contributed by atoms with Crippen molar-refractivity contribution in [2.24, 2.45) is 0 Å². The first kappa shape index (κ1) is 29.3. The lowest BCUT2D eigenvalue weighted by Crippen LogP contribution is -2.35. The van der Waals surface area contributed by atoms with Crippen LogP contribution in [0.25, 0.3) is 16.6 Å². The van der Waals surface area contributed by atoms with E-state index in [0.717, 1.165) is 27.9 Å². The van der Waals surface area contributed by atoms with Crippen molar-refractivity contribution in [1.82, 2.24) is 24.9 Å². The van der Waals surface area contributed by atoms with Gasteiger partial charge < -0.3 is 19.3 Å². The van der Waals surface area contributed by atoms with E-state index in [2.05, 4.69) is 16.3 Å². The molecule has 4 rings (SSSR count). The molecule has 0 aliphatic rings. The summed E-state index contributed by atoms with van der Waals surface area (Å²) in [4.78, 5) is 16.0. The third kappa shape index (κ3) is 6.57. The van der Waals surface area contributed by atoms with E-state index in [0.29, 0.717) is 35.8 Å². The molecule has 0 spiro atoms. The molecule has 0 aliphatic heterocycles. The number of carbonyl (C=O) groups is 1. The number of nitrogens with zero attached hydrogens (tertiary/aromatic N) is 7. The van der Waals surface area contributed by atoms with Crippen LogP contribution in [0.4, 0.5) is 10.6 Å². The quantitative estimate of drug-likeness (QED) is 0.270. The number of nitriles is 1. The van der Waals surface area contributed by atoms with Crippen LogP contribution in [0.15, 0.2) is 48.5 Å². The van der Waals surface area contributed by atoms with Crippen LogP contribution in [-0.4, -0.2) is 64.3 Å². The Hall–Kier alpha value is -4.65. The number of aryl methyl sites for hydroxylation is 2. The molecule has 0 fully saturated rings. The highest BCUT2D eigenvalue weighted by molar-refractivity contribution is 5.92. The molecule has 41 heavy (non-hydrogen) atoms. The molecule has 2 aromatic carbocycles. The van der Waals surface area contributed by atoms with E-state index < -0.39 is 17.8 Å². The van der Waals surface area contributed by atoms with Gasteiger partial charge in [-0.15, -0.1) is 5.10 Å². The maximum atomic E-state index is 12.6. The second kappa shape index (κ2) is 11.8. The largest absolute Gasteiger partial charge is 0.483 e. The van der Waals surface area contributed by atoms with Gasteiger partial charge in [0.05, 0.1) is 28.4 Å². The van der Waals surface area contributed by atoms with Gasteiger partial charge in [-0.25, -0.2) is 9.48 Å². The van der Waals surface area contributed by atoms with Gasteiger partial charge >= 0.3 is 6.09 Å². The molecule has 0 aliphatic carbocycles. The highest BCUT2D eigenvalue weighted by Gasteiger charge is 2.24. The second-order valence-electron chi connectivity index (χ2n) is 11.2. The van der Waals surface area contributed by atoms with Crippen LogP contribution >= 0.6 is 0 Å². The molecule has 0 saturated heterocycles. The number of anilines is 1. The minimum atomic E-state index is -0.589. The van der Waals surface area contributed by atoms with Gasteiger partial charge in [-0.1, -0.05) is 30.3 Å². The van der Waals surface area contributed by atoms with Crippen LogP contribution in [0.2, 0.25) is 0 Å². The number of hydrogen-bond acceptors (Lipinski definition) is 8. The number of carbonyl (C=O) groups excluding carboxylic acids is 1. The zero-order chi connectivity index (χ0) is 29.9. The van der Waals surface area contributed by atoms with Gasteiger partial charge in [0.25, 0.3) is 0 Å². The Bertz CT molecular complexity index is 1580. The molecular weight excluding hydrogens is 518 g/mol. The Labute approximate surface area is 241 Å². The first-order valence-corrected chi connectivity index (χ1v) is 13.5. The number of hydrogen-bond donors (Lipinski definition) is 0. The molecule has 214 valence electrons. The summed E-state index contributed by atoms with van der Waals surface area (Å²) in [5.74, 6) is 1.16. The number of ether oxygens (including phenoxy) is 2. The van der Waals surface area contributed by atoms with Crippen molar-refractivity contribution in [1.29, 1.82) is 5.26 Å². The van der Waals surface area contributed by atoms with Gasteiger partial charge in [0.15, 0.2) is 5.82 Å². The van der Waals surface area contributed by atoms with Crippen molar-refractivity contribution in [2.75, 3.05) is 32.6 Å². The molecule has 0 bridgehead atoms. The molecule has 2 heterocycles. The molecular formula is C31H37N7O3. The maximum absolute atomic E-state index is 12.6. The zero-order valence-electron chi connectivity index (χ0n) is 25.0. The average Bonchev–Trinajstić information content (AvgIpc) is 3.27. The molecule has 1 amide bonds. The number of amides is 1. The van der Waals surface area contributed by atoms with Gasteiger partial charge in [-0.3, -0.25) is 0 Å². The number of benzene rings is 2.